The van der Waals surface area contributed by atoms with Gasteiger partial charge < -0.3 is 19.3 Å². The van der Waals surface area contributed by atoms with Crippen molar-refractivity contribution in [2.24, 2.45) is 0 Å². The van der Waals surface area contributed by atoms with Gasteiger partial charge in [-0.3, -0.25) is 4.79 Å². The molecule has 2 fully saturated rings. The second-order valence-electron chi connectivity index (χ2n) is 5.57. The number of methoxy groups -OCH3 is 1. The third kappa shape index (κ3) is 2.65. The number of likely N-dealkylation sites (tertiary alicyclic amines) is 1. The Bertz CT molecular complexity index is 582. The highest BCUT2D eigenvalue weighted by Crippen LogP contribution is 2.38. The fourth-order valence-electron chi connectivity index (χ4n) is 2.82. The maximum Gasteiger partial charge on any atom is 0.328 e. The molecular formula is C14H17ClN2O4. The second kappa shape index (κ2) is 5.35. The van der Waals surface area contributed by atoms with Crippen LogP contribution in [0.5, 0.6) is 0 Å². The molecule has 0 bridgehead atoms. The summed E-state index contributed by atoms with van der Waals surface area (Å²) in [5, 5.41) is 10.3. The topological polar surface area (TPSA) is 71.8 Å². The van der Waals surface area contributed by atoms with Crippen molar-refractivity contribution >= 4 is 23.5 Å². The van der Waals surface area contributed by atoms with Gasteiger partial charge in [0.25, 0.3) is 5.91 Å². The molecule has 1 aromatic rings. The van der Waals surface area contributed by atoms with Crippen LogP contribution in [0.1, 0.15) is 35.8 Å². The standard InChI is InChI=1S/C14H17ClN2O4/c1-21-14(20)12-5-10(18)7-17(12)13(19)11-4-8(15)6-16(11)9-2-3-9/h4,6,9-10,12,18H,2-3,5,7H2,1H3. The molecule has 1 saturated heterocycles. The number of hydrogen-bond acceptors (Lipinski definition) is 4. The van der Waals surface area contributed by atoms with Crippen LogP contribution in [-0.2, 0) is 9.53 Å². The van der Waals surface area contributed by atoms with Gasteiger partial charge in [-0.1, -0.05) is 11.6 Å². The third-order valence-electron chi connectivity index (χ3n) is 3.99. The summed E-state index contributed by atoms with van der Waals surface area (Å²) in [5.74, 6) is -0.795. The number of aromatic nitrogens is 1. The fourth-order valence-corrected chi connectivity index (χ4v) is 3.03. The molecule has 3 rings (SSSR count). The average Bonchev–Trinajstić information content (AvgIpc) is 3.13. The number of carbonyl (C=O) groups is 2. The molecule has 0 radical (unpaired) electrons. The van der Waals surface area contributed by atoms with E-state index in [2.05, 4.69) is 0 Å². The first kappa shape index (κ1) is 14.4. The van der Waals surface area contributed by atoms with Crippen molar-refractivity contribution in [1.29, 1.82) is 0 Å². The molecule has 0 aromatic carbocycles. The summed E-state index contributed by atoms with van der Waals surface area (Å²) in [5.41, 5.74) is 0.463. The molecule has 2 atom stereocenters. The molecule has 1 aromatic heterocycles. The van der Waals surface area contributed by atoms with Gasteiger partial charge in [0, 0.05) is 25.2 Å². The molecular weight excluding hydrogens is 296 g/mol. The molecule has 1 aliphatic heterocycles. The molecule has 0 spiro atoms. The number of hydrogen-bond donors (Lipinski definition) is 1. The Kier molecular flexibility index (Phi) is 3.67. The van der Waals surface area contributed by atoms with Crippen molar-refractivity contribution in [2.75, 3.05) is 13.7 Å². The highest BCUT2D eigenvalue weighted by molar-refractivity contribution is 6.31. The van der Waals surface area contributed by atoms with Crippen LogP contribution in [0, 0.1) is 0 Å². The van der Waals surface area contributed by atoms with Crippen LogP contribution in [0.3, 0.4) is 0 Å². The van der Waals surface area contributed by atoms with Crippen LogP contribution in [0.15, 0.2) is 12.3 Å². The van der Waals surface area contributed by atoms with E-state index in [0.29, 0.717) is 16.8 Å². The summed E-state index contributed by atoms with van der Waals surface area (Å²) in [6, 6.07) is 1.18. The van der Waals surface area contributed by atoms with Crippen LogP contribution in [-0.4, -0.2) is 52.3 Å². The first-order valence-corrected chi connectivity index (χ1v) is 7.33. The number of amides is 1. The van der Waals surface area contributed by atoms with Gasteiger partial charge in [0.15, 0.2) is 0 Å². The van der Waals surface area contributed by atoms with Gasteiger partial charge in [0.05, 0.1) is 18.2 Å². The maximum atomic E-state index is 12.7. The van der Waals surface area contributed by atoms with Crippen molar-refractivity contribution < 1.29 is 19.4 Å². The van der Waals surface area contributed by atoms with Crippen molar-refractivity contribution in [3.63, 3.8) is 0 Å². The predicted molar refractivity (Wildman–Crippen MR) is 75.2 cm³/mol. The van der Waals surface area contributed by atoms with Crippen molar-refractivity contribution in [2.45, 2.75) is 37.5 Å². The zero-order valence-corrected chi connectivity index (χ0v) is 12.4. The summed E-state index contributed by atoms with van der Waals surface area (Å²) in [4.78, 5) is 25.9. The number of halogens is 1. The zero-order chi connectivity index (χ0) is 15.1. The Morgan fingerprint density at radius 2 is 2.14 bits per heavy atom. The van der Waals surface area contributed by atoms with E-state index in [0.717, 1.165) is 12.8 Å². The average molecular weight is 313 g/mol. The molecule has 7 heteroatoms. The van der Waals surface area contributed by atoms with E-state index in [9.17, 15) is 14.7 Å². The molecule has 2 aliphatic rings. The minimum absolute atomic E-state index is 0.131. The van der Waals surface area contributed by atoms with E-state index in [1.807, 2.05) is 4.57 Å². The van der Waals surface area contributed by atoms with E-state index in [1.54, 1.807) is 12.3 Å². The number of ether oxygens (including phenoxy) is 1. The first-order chi connectivity index (χ1) is 10.0. The minimum Gasteiger partial charge on any atom is -0.467 e. The fraction of sp³-hybridized carbons (Fsp3) is 0.571. The summed E-state index contributed by atoms with van der Waals surface area (Å²) in [6.07, 6.45) is 3.28. The predicted octanol–water partition coefficient (Wildman–Crippen LogP) is 1.22. The lowest BCUT2D eigenvalue weighted by Crippen LogP contribution is -2.41. The second-order valence-corrected chi connectivity index (χ2v) is 6.00. The van der Waals surface area contributed by atoms with E-state index in [1.165, 1.54) is 12.0 Å². The van der Waals surface area contributed by atoms with Crippen molar-refractivity contribution in [3.8, 4) is 0 Å². The molecule has 2 heterocycles. The van der Waals surface area contributed by atoms with Crippen LogP contribution in [0.2, 0.25) is 5.02 Å². The third-order valence-corrected chi connectivity index (χ3v) is 4.19. The quantitative estimate of drug-likeness (QED) is 0.852. The van der Waals surface area contributed by atoms with Crippen LogP contribution >= 0.6 is 11.6 Å². The molecule has 114 valence electrons. The van der Waals surface area contributed by atoms with Crippen LogP contribution in [0.25, 0.3) is 0 Å². The van der Waals surface area contributed by atoms with Gasteiger partial charge in [0.2, 0.25) is 0 Å². The number of rotatable bonds is 3. The number of β-amino-alcohol motifs (C(OH)–C–C–N with tert-alkyl or cyclic N) is 1. The number of aliphatic hydroxyl groups is 1. The lowest BCUT2D eigenvalue weighted by atomic mass is 10.2. The van der Waals surface area contributed by atoms with Crippen LogP contribution < -0.4 is 0 Å². The van der Waals surface area contributed by atoms with Gasteiger partial charge >= 0.3 is 5.97 Å². The Hall–Kier alpha value is -1.53. The first-order valence-electron chi connectivity index (χ1n) is 6.95. The molecule has 2 unspecified atom stereocenters. The summed E-state index contributed by atoms with van der Waals surface area (Å²) in [7, 11) is 1.28. The SMILES string of the molecule is COC(=O)C1CC(O)CN1C(=O)c1cc(Cl)cn1C1CC1. The molecule has 1 amide bonds. The Balaban J connectivity index is 1.88. The molecule has 6 nitrogen and oxygen atoms in total. The number of aliphatic hydroxyl groups excluding tert-OH is 1. The normalized spacial score (nSPS) is 25.2. The van der Waals surface area contributed by atoms with Gasteiger partial charge in [0.1, 0.15) is 11.7 Å². The van der Waals surface area contributed by atoms with Gasteiger partial charge in [-0.05, 0) is 18.9 Å². The van der Waals surface area contributed by atoms with Crippen molar-refractivity contribution in [1.82, 2.24) is 9.47 Å². The Morgan fingerprint density at radius 3 is 2.76 bits per heavy atom. The largest absolute Gasteiger partial charge is 0.467 e. The summed E-state index contributed by atoms with van der Waals surface area (Å²) >= 11 is 6.01. The summed E-state index contributed by atoms with van der Waals surface area (Å²) in [6.45, 7) is 0.131. The van der Waals surface area contributed by atoms with E-state index in [-0.39, 0.29) is 18.9 Å². The highest BCUT2D eigenvalue weighted by atomic mass is 35.5. The lowest BCUT2D eigenvalue weighted by molar-refractivity contribution is -0.145. The highest BCUT2D eigenvalue weighted by Gasteiger charge is 2.41. The van der Waals surface area contributed by atoms with Crippen LogP contribution in [0.4, 0.5) is 0 Å². The molecule has 1 saturated carbocycles. The molecule has 1 aliphatic carbocycles. The van der Waals surface area contributed by atoms with E-state index in [4.69, 9.17) is 16.3 Å². The number of carbonyl (C=O) groups excluding carboxylic acids is 2. The van der Waals surface area contributed by atoms with E-state index >= 15 is 0 Å². The lowest BCUT2D eigenvalue weighted by Gasteiger charge is -2.23. The van der Waals surface area contributed by atoms with Gasteiger partial charge in [-0.2, -0.15) is 0 Å². The van der Waals surface area contributed by atoms with E-state index < -0.39 is 18.1 Å². The number of nitrogens with zero attached hydrogens (tertiary/aromatic N) is 2. The molecule has 21 heavy (non-hydrogen) atoms. The maximum absolute atomic E-state index is 12.7. The van der Waals surface area contributed by atoms with Gasteiger partial charge in [-0.15, -0.1) is 0 Å². The summed E-state index contributed by atoms with van der Waals surface area (Å²) < 4.78 is 6.58. The number of esters is 1. The molecule has 1 N–H and O–H groups in total. The Labute approximate surface area is 127 Å². The Morgan fingerprint density at radius 1 is 1.43 bits per heavy atom. The monoisotopic (exact) mass is 312 g/mol. The smallest absolute Gasteiger partial charge is 0.328 e. The minimum atomic E-state index is -0.737. The van der Waals surface area contributed by atoms with Gasteiger partial charge in [-0.25, -0.2) is 4.79 Å². The van der Waals surface area contributed by atoms with Crippen molar-refractivity contribution in [3.05, 3.63) is 23.0 Å². The zero-order valence-electron chi connectivity index (χ0n) is 11.7.